The number of ether oxygens (including phenoxy) is 1. The second kappa shape index (κ2) is 4.97. The predicted octanol–water partition coefficient (Wildman–Crippen LogP) is 1.72. The summed E-state index contributed by atoms with van der Waals surface area (Å²) in [6.07, 6.45) is 2.37. The topological polar surface area (TPSA) is 53.0 Å². The maximum Gasteiger partial charge on any atom is 0.132 e. The molecule has 3 nitrogen and oxygen atoms in total. The number of aliphatic hydroxyl groups excluding tert-OH is 2. The van der Waals surface area contributed by atoms with Gasteiger partial charge in [0.2, 0.25) is 0 Å². The number of hydrogen-bond donors (Lipinski definition) is 2. The quantitative estimate of drug-likeness (QED) is 0.451. The molecule has 0 aromatic heterocycles. The molecule has 0 aromatic carbocycles. The smallest absolute Gasteiger partial charge is 0.132 e. The summed E-state index contributed by atoms with van der Waals surface area (Å²) < 4.78 is 5.59. The van der Waals surface area contributed by atoms with Crippen molar-refractivity contribution in [2.75, 3.05) is 0 Å². The lowest BCUT2D eigenvalue weighted by atomic mass is 9.82. The minimum atomic E-state index is -0.789. The van der Waals surface area contributed by atoms with Crippen LogP contribution in [0.15, 0.2) is 35.5 Å². The van der Waals surface area contributed by atoms with Crippen molar-refractivity contribution in [3.63, 3.8) is 0 Å². The lowest BCUT2D eigenvalue weighted by Gasteiger charge is -2.24. The van der Waals surface area contributed by atoms with Crippen LogP contribution >= 0.6 is 0 Å². The van der Waals surface area contributed by atoms with E-state index >= 15 is 0 Å². The normalized spacial score (nSPS) is 35.4. The van der Waals surface area contributed by atoms with E-state index in [-0.39, 0.29) is 6.10 Å². The first-order valence-corrected chi connectivity index (χ1v) is 6.43. The Morgan fingerprint density at radius 1 is 1.47 bits per heavy atom. The fourth-order valence-electron chi connectivity index (χ4n) is 2.34. The van der Waals surface area contributed by atoms with Crippen LogP contribution in [0.2, 0.25) is 0 Å². The Morgan fingerprint density at radius 3 is 2.74 bits per heavy atom. The molecule has 1 heterocycles. The van der Waals surface area contributed by atoms with Crippen LogP contribution < -0.4 is 0 Å². The van der Waals surface area contributed by atoms with Crippen molar-refractivity contribution < 1.29 is 14.9 Å². The van der Waals surface area contributed by atoms with Crippen molar-refractivity contribution >= 4 is 0 Å². The maximum atomic E-state index is 10.4. The molecule has 0 radical (unpaired) electrons. The van der Waals surface area contributed by atoms with Gasteiger partial charge in [-0.2, -0.15) is 0 Å². The fraction of sp³-hybridized carbons (Fsp3) is 0.500. The van der Waals surface area contributed by atoms with Crippen molar-refractivity contribution in [1.82, 2.24) is 0 Å². The molecule has 2 rings (SSSR count). The van der Waals surface area contributed by atoms with Gasteiger partial charge in [-0.1, -0.05) is 30.1 Å². The van der Waals surface area contributed by atoms with Crippen LogP contribution in [0, 0.1) is 11.8 Å². The van der Waals surface area contributed by atoms with Crippen molar-refractivity contribution in [2.24, 2.45) is 0 Å². The van der Waals surface area contributed by atoms with E-state index in [0.717, 1.165) is 11.1 Å². The van der Waals surface area contributed by atoms with Gasteiger partial charge in [-0.05, 0) is 32.4 Å². The molecule has 0 amide bonds. The van der Waals surface area contributed by atoms with Crippen LogP contribution in [0.1, 0.15) is 27.2 Å². The number of aliphatic hydroxyl groups is 2. The minimum Gasteiger partial charge on any atom is -0.386 e. The molecular formula is C16H20O3. The van der Waals surface area contributed by atoms with E-state index in [1.165, 1.54) is 0 Å². The third-order valence-corrected chi connectivity index (χ3v) is 3.44. The van der Waals surface area contributed by atoms with Crippen LogP contribution in [-0.2, 0) is 4.74 Å². The highest BCUT2D eigenvalue weighted by Crippen LogP contribution is 2.50. The highest BCUT2D eigenvalue weighted by atomic mass is 16.6. The Morgan fingerprint density at radius 2 is 2.16 bits per heavy atom. The number of rotatable bonds is 2. The second-order valence-corrected chi connectivity index (χ2v) is 5.52. The van der Waals surface area contributed by atoms with Gasteiger partial charge < -0.3 is 14.9 Å². The van der Waals surface area contributed by atoms with E-state index in [0.29, 0.717) is 12.0 Å². The summed E-state index contributed by atoms with van der Waals surface area (Å²) in [6.45, 7) is 9.50. The molecule has 19 heavy (non-hydrogen) atoms. The van der Waals surface area contributed by atoms with Crippen LogP contribution in [0.3, 0.4) is 0 Å². The number of epoxide rings is 1. The van der Waals surface area contributed by atoms with Gasteiger partial charge in [0, 0.05) is 12.0 Å². The molecule has 2 aliphatic rings. The molecule has 0 bridgehead atoms. The van der Waals surface area contributed by atoms with Crippen LogP contribution in [0.5, 0.6) is 0 Å². The summed E-state index contributed by atoms with van der Waals surface area (Å²) in [5, 5.41) is 20.4. The van der Waals surface area contributed by atoms with E-state index in [2.05, 4.69) is 18.4 Å². The molecule has 0 spiro atoms. The van der Waals surface area contributed by atoms with Gasteiger partial charge in [-0.3, -0.25) is 0 Å². The van der Waals surface area contributed by atoms with Crippen molar-refractivity contribution in [3.05, 3.63) is 35.5 Å². The zero-order valence-electron chi connectivity index (χ0n) is 11.6. The predicted molar refractivity (Wildman–Crippen MR) is 74.3 cm³/mol. The number of hydrogen-bond acceptors (Lipinski definition) is 3. The van der Waals surface area contributed by atoms with Gasteiger partial charge in [0.25, 0.3) is 0 Å². The van der Waals surface area contributed by atoms with Gasteiger partial charge >= 0.3 is 0 Å². The van der Waals surface area contributed by atoms with E-state index in [1.807, 2.05) is 19.9 Å². The van der Waals surface area contributed by atoms with Crippen LogP contribution in [-0.4, -0.2) is 34.1 Å². The molecule has 1 aliphatic carbocycles. The Bertz CT molecular complexity index is 514. The van der Waals surface area contributed by atoms with Gasteiger partial charge in [0.05, 0.1) is 0 Å². The highest BCUT2D eigenvalue weighted by Gasteiger charge is 2.65. The number of allylic oxidation sites excluding steroid dienone is 2. The average Bonchev–Trinajstić information content (AvgIpc) is 3.06. The van der Waals surface area contributed by atoms with Gasteiger partial charge in [-0.15, -0.1) is 0 Å². The third kappa shape index (κ3) is 2.66. The SMILES string of the molecule is C=C(C)C#CC1=CC(O)C2OC2(CC=C(C)C)C1O. The molecule has 1 saturated heterocycles. The van der Waals surface area contributed by atoms with E-state index in [1.54, 1.807) is 13.0 Å². The molecule has 1 fully saturated rings. The standard InChI is InChI=1S/C16H20O3/c1-10(2)5-6-12-9-13(17)15-16(19-15,14(12)18)8-7-11(3)4/h7,9,13-15,17-18H,1,8H2,2-4H3. The summed E-state index contributed by atoms with van der Waals surface area (Å²) in [5.41, 5.74) is 1.70. The van der Waals surface area contributed by atoms with Gasteiger partial charge in [0.15, 0.2) is 0 Å². The third-order valence-electron chi connectivity index (χ3n) is 3.44. The molecule has 0 saturated carbocycles. The zero-order valence-corrected chi connectivity index (χ0v) is 11.6. The largest absolute Gasteiger partial charge is 0.386 e. The number of fused-ring (bicyclic) bond motifs is 1. The summed E-state index contributed by atoms with van der Waals surface area (Å²) in [5.74, 6) is 5.70. The molecule has 4 atom stereocenters. The fourth-order valence-corrected chi connectivity index (χ4v) is 2.34. The first kappa shape index (κ1) is 14.1. The Labute approximate surface area is 114 Å². The average molecular weight is 260 g/mol. The summed E-state index contributed by atoms with van der Waals surface area (Å²) in [6, 6.07) is 0. The van der Waals surface area contributed by atoms with E-state index in [4.69, 9.17) is 4.74 Å². The lowest BCUT2D eigenvalue weighted by Crippen LogP contribution is -2.40. The Balaban J connectivity index is 2.24. The van der Waals surface area contributed by atoms with Gasteiger partial charge in [0.1, 0.15) is 23.9 Å². The molecule has 4 unspecified atom stereocenters. The molecule has 102 valence electrons. The van der Waals surface area contributed by atoms with Crippen LogP contribution in [0.25, 0.3) is 0 Å². The molecule has 3 heteroatoms. The van der Waals surface area contributed by atoms with E-state index < -0.39 is 17.8 Å². The molecule has 2 N–H and O–H groups in total. The summed E-state index contributed by atoms with van der Waals surface area (Å²) in [7, 11) is 0. The minimum absolute atomic E-state index is 0.325. The molecular weight excluding hydrogens is 240 g/mol. The van der Waals surface area contributed by atoms with Crippen molar-refractivity contribution in [3.8, 4) is 11.8 Å². The first-order chi connectivity index (χ1) is 8.86. The van der Waals surface area contributed by atoms with Crippen molar-refractivity contribution in [2.45, 2.75) is 51.1 Å². The monoisotopic (exact) mass is 260 g/mol. The second-order valence-electron chi connectivity index (χ2n) is 5.52. The zero-order chi connectivity index (χ0) is 14.2. The Kier molecular flexibility index (Phi) is 3.69. The van der Waals surface area contributed by atoms with Crippen LogP contribution in [0.4, 0.5) is 0 Å². The Hall–Kier alpha value is -1.34. The summed E-state index contributed by atoms with van der Waals surface area (Å²) in [4.78, 5) is 0. The van der Waals surface area contributed by atoms with Gasteiger partial charge in [-0.25, -0.2) is 0 Å². The lowest BCUT2D eigenvalue weighted by molar-refractivity contribution is 0.106. The summed E-state index contributed by atoms with van der Waals surface area (Å²) >= 11 is 0. The maximum absolute atomic E-state index is 10.4. The highest BCUT2D eigenvalue weighted by molar-refractivity contribution is 5.45. The molecule has 1 aliphatic heterocycles. The van der Waals surface area contributed by atoms with Crippen molar-refractivity contribution in [1.29, 1.82) is 0 Å². The molecule has 0 aromatic rings. The first-order valence-electron chi connectivity index (χ1n) is 6.43. The van der Waals surface area contributed by atoms with E-state index in [9.17, 15) is 10.2 Å².